The lowest BCUT2D eigenvalue weighted by Gasteiger charge is -2.20. The summed E-state index contributed by atoms with van der Waals surface area (Å²) in [5.41, 5.74) is 16.0. The maximum absolute atomic E-state index is 8.70. The molecule has 2 rings (SSSR count). The van der Waals surface area contributed by atoms with Crippen LogP contribution in [0, 0.1) is 0 Å². The number of nitrogens with two attached hydrogens (primary N) is 1. The van der Waals surface area contributed by atoms with Crippen LogP contribution in [-0.2, 0) is 6.42 Å². The molecule has 0 bridgehead atoms. The molecule has 0 fully saturated rings. The molecule has 2 N–H and O–H groups in total. The first-order valence-electron chi connectivity index (χ1n) is 6.81. The summed E-state index contributed by atoms with van der Waals surface area (Å²) in [5.74, 6) is 0.738. The SMILES string of the molecule is [N-]=[N+]=N[C@@H](COc1ccccc1)C(N)Cc1ccccc1. The maximum atomic E-state index is 8.70. The summed E-state index contributed by atoms with van der Waals surface area (Å²) in [5, 5.41) is 3.77. The lowest BCUT2D eigenvalue weighted by atomic mass is 10.0. The molecule has 2 aromatic carbocycles. The molecule has 1 unspecified atom stereocenters. The van der Waals surface area contributed by atoms with E-state index in [4.69, 9.17) is 16.0 Å². The molecule has 0 aliphatic carbocycles. The number of nitrogens with zero attached hydrogens (tertiary/aromatic N) is 3. The van der Waals surface area contributed by atoms with Crippen LogP contribution in [0.2, 0.25) is 0 Å². The highest BCUT2D eigenvalue weighted by Gasteiger charge is 2.17. The summed E-state index contributed by atoms with van der Waals surface area (Å²) in [6, 6.07) is 18.6. The van der Waals surface area contributed by atoms with Crippen molar-refractivity contribution in [3.05, 3.63) is 76.7 Å². The van der Waals surface area contributed by atoms with Crippen LogP contribution in [-0.4, -0.2) is 18.7 Å². The summed E-state index contributed by atoms with van der Waals surface area (Å²) in [6.07, 6.45) is 0.642. The molecule has 0 aliphatic heterocycles. The Labute approximate surface area is 124 Å². The second-order valence-corrected chi connectivity index (χ2v) is 4.75. The first-order valence-corrected chi connectivity index (χ1v) is 6.81. The third-order valence-corrected chi connectivity index (χ3v) is 3.17. The molecule has 21 heavy (non-hydrogen) atoms. The molecule has 0 radical (unpaired) electrons. The van der Waals surface area contributed by atoms with Crippen LogP contribution in [0.15, 0.2) is 65.8 Å². The summed E-state index contributed by atoms with van der Waals surface area (Å²) < 4.78 is 5.63. The average molecular weight is 282 g/mol. The van der Waals surface area contributed by atoms with Crippen LogP contribution in [0.3, 0.4) is 0 Å². The normalized spacial score (nSPS) is 13.0. The molecule has 0 spiro atoms. The van der Waals surface area contributed by atoms with Gasteiger partial charge < -0.3 is 10.5 Å². The molecule has 0 heterocycles. The van der Waals surface area contributed by atoms with Crippen LogP contribution in [0.1, 0.15) is 5.56 Å². The van der Waals surface area contributed by atoms with Crippen LogP contribution < -0.4 is 10.5 Å². The summed E-state index contributed by atoms with van der Waals surface area (Å²) in [7, 11) is 0. The average Bonchev–Trinajstić information content (AvgIpc) is 2.53. The number of hydrogen-bond acceptors (Lipinski definition) is 3. The van der Waals surface area contributed by atoms with Gasteiger partial charge in [0.05, 0.1) is 12.6 Å². The monoisotopic (exact) mass is 282 g/mol. The molecule has 5 nitrogen and oxygen atoms in total. The van der Waals surface area contributed by atoms with Gasteiger partial charge in [0.15, 0.2) is 0 Å². The Balaban J connectivity index is 1.96. The van der Waals surface area contributed by atoms with E-state index in [2.05, 4.69) is 10.0 Å². The fourth-order valence-electron chi connectivity index (χ4n) is 2.03. The van der Waals surface area contributed by atoms with Crippen molar-refractivity contribution >= 4 is 0 Å². The molecular formula is C16H18N4O. The van der Waals surface area contributed by atoms with Gasteiger partial charge in [0.25, 0.3) is 0 Å². The van der Waals surface area contributed by atoms with Gasteiger partial charge in [0.2, 0.25) is 0 Å². The highest BCUT2D eigenvalue weighted by molar-refractivity contribution is 5.21. The first-order chi connectivity index (χ1) is 10.3. The molecule has 5 heteroatoms. The highest BCUT2D eigenvalue weighted by atomic mass is 16.5. The van der Waals surface area contributed by atoms with E-state index in [0.717, 1.165) is 11.3 Å². The van der Waals surface area contributed by atoms with Crippen LogP contribution in [0.5, 0.6) is 5.75 Å². The Bertz CT molecular complexity index is 582. The number of azide groups is 1. The van der Waals surface area contributed by atoms with E-state index in [1.807, 2.05) is 60.7 Å². The molecule has 2 atom stereocenters. The molecule has 2 aromatic rings. The summed E-state index contributed by atoms with van der Waals surface area (Å²) in [6.45, 7) is 0.266. The zero-order valence-electron chi connectivity index (χ0n) is 11.7. The Hall–Kier alpha value is -2.49. The van der Waals surface area contributed by atoms with Gasteiger partial charge in [-0.15, -0.1) is 0 Å². The third kappa shape index (κ3) is 4.84. The molecule has 0 saturated carbocycles. The van der Waals surface area contributed by atoms with E-state index in [1.165, 1.54) is 0 Å². The van der Waals surface area contributed by atoms with Crippen molar-refractivity contribution in [1.82, 2.24) is 0 Å². The topological polar surface area (TPSA) is 84.0 Å². The third-order valence-electron chi connectivity index (χ3n) is 3.17. The van der Waals surface area contributed by atoms with E-state index in [9.17, 15) is 0 Å². The Morgan fingerprint density at radius 3 is 2.29 bits per heavy atom. The second-order valence-electron chi connectivity index (χ2n) is 4.75. The number of para-hydroxylation sites is 1. The minimum absolute atomic E-state index is 0.266. The maximum Gasteiger partial charge on any atom is 0.119 e. The molecule has 108 valence electrons. The Morgan fingerprint density at radius 1 is 1.05 bits per heavy atom. The minimum atomic E-state index is -0.407. The smallest absolute Gasteiger partial charge is 0.119 e. The van der Waals surface area contributed by atoms with Crippen molar-refractivity contribution in [3.63, 3.8) is 0 Å². The second kappa shape index (κ2) is 7.94. The molecule has 0 amide bonds. The fourth-order valence-corrected chi connectivity index (χ4v) is 2.03. The van der Waals surface area contributed by atoms with Crippen molar-refractivity contribution in [2.45, 2.75) is 18.5 Å². The van der Waals surface area contributed by atoms with Gasteiger partial charge >= 0.3 is 0 Å². The van der Waals surface area contributed by atoms with Gasteiger partial charge in [-0.05, 0) is 29.6 Å². The fraction of sp³-hybridized carbons (Fsp3) is 0.250. The minimum Gasteiger partial charge on any atom is -0.493 e. The van der Waals surface area contributed by atoms with Gasteiger partial charge in [-0.3, -0.25) is 0 Å². The zero-order valence-corrected chi connectivity index (χ0v) is 11.7. The largest absolute Gasteiger partial charge is 0.493 e. The zero-order chi connectivity index (χ0) is 14.9. The Morgan fingerprint density at radius 2 is 1.67 bits per heavy atom. The van der Waals surface area contributed by atoms with Crippen molar-refractivity contribution in [1.29, 1.82) is 0 Å². The van der Waals surface area contributed by atoms with Gasteiger partial charge in [0.1, 0.15) is 5.75 Å². The van der Waals surface area contributed by atoms with Crippen LogP contribution in [0.25, 0.3) is 10.4 Å². The van der Waals surface area contributed by atoms with Gasteiger partial charge in [-0.1, -0.05) is 53.6 Å². The quantitative estimate of drug-likeness (QED) is 0.480. The standard InChI is InChI=1S/C16H18N4O/c17-15(11-13-7-3-1-4-8-13)16(19-20-18)12-21-14-9-5-2-6-10-14/h1-10,15-16H,11-12,17H2/t15?,16-/m0/s1. The number of hydrogen-bond donors (Lipinski definition) is 1. The van der Waals surface area contributed by atoms with Crippen molar-refractivity contribution in [2.75, 3.05) is 6.61 Å². The van der Waals surface area contributed by atoms with E-state index >= 15 is 0 Å². The van der Waals surface area contributed by atoms with Crippen molar-refractivity contribution in [2.24, 2.45) is 10.8 Å². The van der Waals surface area contributed by atoms with E-state index < -0.39 is 6.04 Å². The van der Waals surface area contributed by atoms with E-state index in [0.29, 0.717) is 6.42 Å². The van der Waals surface area contributed by atoms with Gasteiger partial charge in [-0.2, -0.15) is 0 Å². The number of ether oxygens (including phenoxy) is 1. The number of benzene rings is 2. The molecule has 0 aromatic heterocycles. The molecule has 0 saturated heterocycles. The van der Waals surface area contributed by atoms with Gasteiger partial charge in [-0.25, -0.2) is 0 Å². The lowest BCUT2D eigenvalue weighted by molar-refractivity contribution is 0.269. The predicted octanol–water partition coefficient (Wildman–Crippen LogP) is 3.31. The summed E-state index contributed by atoms with van der Waals surface area (Å²) >= 11 is 0. The van der Waals surface area contributed by atoms with Crippen LogP contribution >= 0.6 is 0 Å². The van der Waals surface area contributed by atoms with E-state index in [1.54, 1.807) is 0 Å². The van der Waals surface area contributed by atoms with Crippen LogP contribution in [0.4, 0.5) is 0 Å². The lowest BCUT2D eigenvalue weighted by Crippen LogP contribution is -2.39. The predicted molar refractivity (Wildman–Crippen MR) is 83.0 cm³/mol. The van der Waals surface area contributed by atoms with Crippen molar-refractivity contribution < 1.29 is 4.74 Å². The highest BCUT2D eigenvalue weighted by Crippen LogP contribution is 2.12. The molecular weight excluding hydrogens is 264 g/mol. The van der Waals surface area contributed by atoms with E-state index in [-0.39, 0.29) is 12.6 Å². The molecule has 0 aliphatic rings. The summed E-state index contributed by atoms with van der Waals surface area (Å²) in [4.78, 5) is 2.88. The van der Waals surface area contributed by atoms with Gasteiger partial charge in [0, 0.05) is 11.0 Å². The number of rotatable bonds is 7. The first kappa shape index (κ1) is 14.9. The van der Waals surface area contributed by atoms with Crippen molar-refractivity contribution in [3.8, 4) is 5.75 Å². The Kier molecular flexibility index (Phi) is 5.64.